The predicted octanol–water partition coefficient (Wildman–Crippen LogP) is 3.32. The molecule has 0 saturated carbocycles. The van der Waals surface area contributed by atoms with E-state index in [9.17, 15) is 0 Å². The third-order valence-corrected chi connectivity index (χ3v) is 2.15. The molecule has 0 spiro atoms. The third-order valence-electron chi connectivity index (χ3n) is 1.95. The second-order valence-corrected chi connectivity index (χ2v) is 3.58. The molecule has 0 amide bonds. The predicted molar refractivity (Wildman–Crippen MR) is 64.7 cm³/mol. The van der Waals surface area contributed by atoms with E-state index in [1.807, 2.05) is 25.1 Å². The van der Waals surface area contributed by atoms with Crippen LogP contribution in [0.2, 0.25) is 5.15 Å². The molecule has 0 radical (unpaired) electrons. The monoisotopic (exact) mass is 250 g/mol. The number of hydrogen-bond acceptors (Lipinski definition) is 4. The van der Waals surface area contributed by atoms with Crippen LogP contribution in [0, 0.1) is 0 Å². The molecule has 2 aromatic rings. The van der Waals surface area contributed by atoms with Gasteiger partial charge in [0.15, 0.2) is 0 Å². The summed E-state index contributed by atoms with van der Waals surface area (Å²) in [6.45, 7) is 2.54. The first-order valence-electron chi connectivity index (χ1n) is 5.16. The van der Waals surface area contributed by atoms with Crippen molar-refractivity contribution >= 4 is 11.6 Å². The highest BCUT2D eigenvalue weighted by molar-refractivity contribution is 6.29. The molecule has 5 heteroatoms. The van der Waals surface area contributed by atoms with Gasteiger partial charge in [-0.05, 0) is 19.1 Å². The van der Waals surface area contributed by atoms with E-state index in [0.29, 0.717) is 23.4 Å². The van der Waals surface area contributed by atoms with Gasteiger partial charge < -0.3 is 9.47 Å². The molecule has 1 aromatic heterocycles. The van der Waals surface area contributed by atoms with Crippen molar-refractivity contribution in [2.75, 3.05) is 6.61 Å². The molecule has 88 valence electrons. The summed E-state index contributed by atoms with van der Waals surface area (Å²) in [5.74, 6) is 1.80. The SMILES string of the molecule is CCOc1cccc(Oc2cc(Cl)ncn2)c1. The first-order valence-corrected chi connectivity index (χ1v) is 5.54. The molecule has 17 heavy (non-hydrogen) atoms. The van der Waals surface area contributed by atoms with Crippen molar-refractivity contribution < 1.29 is 9.47 Å². The van der Waals surface area contributed by atoms with Crippen LogP contribution in [0.5, 0.6) is 17.4 Å². The number of halogens is 1. The summed E-state index contributed by atoms with van der Waals surface area (Å²) in [6, 6.07) is 8.87. The molecule has 0 saturated heterocycles. The highest BCUT2D eigenvalue weighted by atomic mass is 35.5. The van der Waals surface area contributed by atoms with Crippen LogP contribution >= 0.6 is 11.6 Å². The van der Waals surface area contributed by atoms with E-state index < -0.39 is 0 Å². The lowest BCUT2D eigenvalue weighted by atomic mass is 10.3. The lowest BCUT2D eigenvalue weighted by Gasteiger charge is -2.07. The standard InChI is InChI=1S/C12H11ClN2O2/c1-2-16-9-4-3-5-10(6-9)17-12-7-11(13)14-8-15-12/h3-8H,2H2,1H3. The van der Waals surface area contributed by atoms with Crippen LogP contribution in [0.15, 0.2) is 36.7 Å². The summed E-state index contributed by atoms with van der Waals surface area (Å²) in [5.41, 5.74) is 0. The Bertz CT molecular complexity index is 505. The van der Waals surface area contributed by atoms with E-state index in [4.69, 9.17) is 21.1 Å². The van der Waals surface area contributed by atoms with Gasteiger partial charge in [0.05, 0.1) is 6.61 Å². The molecular formula is C12H11ClN2O2. The Morgan fingerprint density at radius 2 is 2.00 bits per heavy atom. The average molecular weight is 251 g/mol. The lowest BCUT2D eigenvalue weighted by molar-refractivity contribution is 0.338. The van der Waals surface area contributed by atoms with Gasteiger partial charge in [-0.1, -0.05) is 17.7 Å². The maximum atomic E-state index is 5.74. The molecule has 0 fully saturated rings. The van der Waals surface area contributed by atoms with Crippen LogP contribution in [0.25, 0.3) is 0 Å². The van der Waals surface area contributed by atoms with E-state index in [0.717, 1.165) is 5.75 Å². The molecule has 0 unspecified atom stereocenters. The topological polar surface area (TPSA) is 44.2 Å². The first kappa shape index (κ1) is 11.7. The van der Waals surface area contributed by atoms with Crippen molar-refractivity contribution in [3.8, 4) is 17.4 Å². The second-order valence-electron chi connectivity index (χ2n) is 3.19. The van der Waals surface area contributed by atoms with E-state index in [-0.39, 0.29) is 0 Å². The van der Waals surface area contributed by atoms with Gasteiger partial charge in [0.2, 0.25) is 5.88 Å². The molecule has 0 aliphatic rings. The van der Waals surface area contributed by atoms with Crippen molar-refractivity contribution in [2.24, 2.45) is 0 Å². The highest BCUT2D eigenvalue weighted by Gasteiger charge is 2.01. The number of rotatable bonds is 4. The Labute approximate surface area is 104 Å². The van der Waals surface area contributed by atoms with Crippen LogP contribution < -0.4 is 9.47 Å². The van der Waals surface area contributed by atoms with Crippen LogP contribution in [-0.4, -0.2) is 16.6 Å². The van der Waals surface area contributed by atoms with E-state index in [2.05, 4.69) is 9.97 Å². The lowest BCUT2D eigenvalue weighted by Crippen LogP contribution is -1.92. The van der Waals surface area contributed by atoms with Gasteiger partial charge in [0.1, 0.15) is 23.0 Å². The molecule has 1 aromatic carbocycles. The van der Waals surface area contributed by atoms with Gasteiger partial charge in [-0.3, -0.25) is 0 Å². The maximum Gasteiger partial charge on any atom is 0.223 e. The molecule has 0 bridgehead atoms. The number of hydrogen-bond donors (Lipinski definition) is 0. The van der Waals surface area contributed by atoms with Crippen LogP contribution in [0.1, 0.15) is 6.92 Å². The minimum atomic E-state index is 0.343. The van der Waals surface area contributed by atoms with E-state index >= 15 is 0 Å². The van der Waals surface area contributed by atoms with Crippen molar-refractivity contribution in [2.45, 2.75) is 6.92 Å². The summed E-state index contributed by atoms with van der Waals surface area (Å²) >= 11 is 5.74. The fourth-order valence-corrected chi connectivity index (χ4v) is 1.43. The van der Waals surface area contributed by atoms with Gasteiger partial charge in [-0.25, -0.2) is 9.97 Å². The quantitative estimate of drug-likeness (QED) is 0.781. The number of aromatic nitrogens is 2. The van der Waals surface area contributed by atoms with Crippen LogP contribution in [-0.2, 0) is 0 Å². The first-order chi connectivity index (χ1) is 8.28. The Hall–Kier alpha value is -1.81. The summed E-state index contributed by atoms with van der Waals surface area (Å²) in [5, 5.41) is 0.343. The summed E-state index contributed by atoms with van der Waals surface area (Å²) in [7, 11) is 0. The molecule has 0 aliphatic carbocycles. The fraction of sp³-hybridized carbons (Fsp3) is 0.167. The molecule has 4 nitrogen and oxygen atoms in total. The van der Waals surface area contributed by atoms with Gasteiger partial charge in [0.25, 0.3) is 0 Å². The average Bonchev–Trinajstić information content (AvgIpc) is 2.30. The van der Waals surface area contributed by atoms with Gasteiger partial charge in [-0.15, -0.1) is 0 Å². The normalized spacial score (nSPS) is 10.0. The molecular weight excluding hydrogens is 240 g/mol. The minimum Gasteiger partial charge on any atom is -0.494 e. The van der Waals surface area contributed by atoms with Crippen LogP contribution in [0.4, 0.5) is 0 Å². The summed E-state index contributed by atoms with van der Waals surface area (Å²) in [6.07, 6.45) is 1.35. The Morgan fingerprint density at radius 3 is 2.76 bits per heavy atom. The Kier molecular flexibility index (Phi) is 3.77. The van der Waals surface area contributed by atoms with Crippen molar-refractivity contribution in [3.63, 3.8) is 0 Å². The smallest absolute Gasteiger partial charge is 0.223 e. The molecule has 0 atom stereocenters. The molecule has 0 N–H and O–H groups in total. The zero-order valence-electron chi connectivity index (χ0n) is 9.26. The second kappa shape index (κ2) is 5.50. The zero-order valence-corrected chi connectivity index (χ0v) is 10.0. The Morgan fingerprint density at radius 1 is 1.18 bits per heavy atom. The largest absolute Gasteiger partial charge is 0.494 e. The molecule has 0 aliphatic heterocycles. The summed E-state index contributed by atoms with van der Waals surface area (Å²) in [4.78, 5) is 7.73. The fourth-order valence-electron chi connectivity index (χ4n) is 1.29. The van der Waals surface area contributed by atoms with Crippen molar-refractivity contribution in [1.29, 1.82) is 0 Å². The number of benzene rings is 1. The maximum absolute atomic E-state index is 5.74. The highest BCUT2D eigenvalue weighted by Crippen LogP contribution is 2.24. The van der Waals surface area contributed by atoms with E-state index in [1.165, 1.54) is 6.33 Å². The van der Waals surface area contributed by atoms with Crippen LogP contribution in [0.3, 0.4) is 0 Å². The third kappa shape index (κ3) is 3.32. The minimum absolute atomic E-state index is 0.343. The van der Waals surface area contributed by atoms with Crippen molar-refractivity contribution in [1.82, 2.24) is 9.97 Å². The van der Waals surface area contributed by atoms with Gasteiger partial charge in [-0.2, -0.15) is 0 Å². The van der Waals surface area contributed by atoms with Gasteiger partial charge >= 0.3 is 0 Å². The molecule has 2 rings (SSSR count). The molecule has 1 heterocycles. The zero-order chi connectivity index (χ0) is 12.1. The summed E-state index contributed by atoms with van der Waals surface area (Å²) < 4.78 is 10.9. The number of nitrogens with zero attached hydrogens (tertiary/aromatic N) is 2. The van der Waals surface area contributed by atoms with Gasteiger partial charge in [0, 0.05) is 12.1 Å². The van der Waals surface area contributed by atoms with Crippen molar-refractivity contribution in [3.05, 3.63) is 41.8 Å². The van der Waals surface area contributed by atoms with E-state index in [1.54, 1.807) is 12.1 Å². The Balaban J connectivity index is 2.15. The number of ether oxygens (including phenoxy) is 2.